The monoisotopic (exact) mass is 251 g/mol. The minimum atomic E-state index is -0.866. The molecule has 0 radical (unpaired) electrons. The molecule has 18 heavy (non-hydrogen) atoms. The predicted molar refractivity (Wildman–Crippen MR) is 64.1 cm³/mol. The van der Waals surface area contributed by atoms with Crippen LogP contribution in [0, 0.1) is 5.82 Å². The molecule has 1 aliphatic heterocycles. The fourth-order valence-electron chi connectivity index (χ4n) is 1.86. The summed E-state index contributed by atoms with van der Waals surface area (Å²) in [6.07, 6.45) is 0.800. The van der Waals surface area contributed by atoms with Crippen molar-refractivity contribution < 1.29 is 19.0 Å². The first kappa shape index (κ1) is 12.5. The summed E-state index contributed by atoms with van der Waals surface area (Å²) in [7, 11) is 0. The summed E-state index contributed by atoms with van der Waals surface area (Å²) in [4.78, 5) is 14.6. The van der Waals surface area contributed by atoms with Crippen LogP contribution in [0.15, 0.2) is 29.3 Å². The number of carboxylic acid groups (broad SMARTS) is 1. The third-order valence-electron chi connectivity index (χ3n) is 2.68. The molecule has 0 aromatic heterocycles. The zero-order valence-electron chi connectivity index (χ0n) is 9.80. The van der Waals surface area contributed by atoms with Gasteiger partial charge in [-0.2, -0.15) is 0 Å². The van der Waals surface area contributed by atoms with Gasteiger partial charge in [0.2, 0.25) is 0 Å². The fraction of sp³-hybridized carbons (Fsp3) is 0.385. The van der Waals surface area contributed by atoms with Crippen LogP contribution in [-0.2, 0) is 16.0 Å². The van der Waals surface area contributed by atoms with E-state index < -0.39 is 5.97 Å². The number of carboxylic acids is 1. The van der Waals surface area contributed by atoms with Gasteiger partial charge in [0, 0.05) is 12.8 Å². The summed E-state index contributed by atoms with van der Waals surface area (Å²) >= 11 is 0. The molecule has 1 unspecified atom stereocenters. The molecule has 1 aromatic carbocycles. The second-order valence-electron chi connectivity index (χ2n) is 4.20. The summed E-state index contributed by atoms with van der Waals surface area (Å²) in [5.41, 5.74) is 0.856. The number of nitrogens with zero attached hydrogens (tertiary/aromatic N) is 1. The van der Waals surface area contributed by atoms with Crippen LogP contribution >= 0.6 is 0 Å². The Balaban J connectivity index is 1.82. The molecule has 0 fully saturated rings. The van der Waals surface area contributed by atoms with Gasteiger partial charge >= 0.3 is 5.97 Å². The minimum Gasteiger partial charge on any atom is -0.481 e. The quantitative estimate of drug-likeness (QED) is 0.871. The maximum Gasteiger partial charge on any atom is 0.303 e. The second kappa shape index (κ2) is 5.62. The first-order chi connectivity index (χ1) is 8.63. The molecule has 1 N–H and O–H groups in total. The fourth-order valence-corrected chi connectivity index (χ4v) is 1.86. The van der Waals surface area contributed by atoms with E-state index in [-0.39, 0.29) is 18.3 Å². The SMILES string of the molecule is O=C(O)CCC1=NCC(Cc2cccc(F)c2)O1. The number of benzene rings is 1. The van der Waals surface area contributed by atoms with Crippen molar-refractivity contribution in [2.45, 2.75) is 25.4 Å². The molecule has 0 amide bonds. The predicted octanol–water partition coefficient (Wildman–Crippen LogP) is 2.03. The third kappa shape index (κ3) is 3.55. The van der Waals surface area contributed by atoms with Crippen molar-refractivity contribution in [3.63, 3.8) is 0 Å². The normalized spacial score (nSPS) is 18.3. The molecule has 1 aromatic rings. The standard InChI is InChI=1S/C13H14FNO3/c14-10-3-1-2-9(6-10)7-11-8-15-12(18-11)4-5-13(16)17/h1-3,6,11H,4-5,7-8H2,(H,16,17). The Morgan fingerprint density at radius 2 is 2.39 bits per heavy atom. The van der Waals surface area contributed by atoms with Gasteiger partial charge in [-0.15, -0.1) is 0 Å². The summed E-state index contributed by atoms with van der Waals surface area (Å²) in [6, 6.07) is 6.36. The number of ether oxygens (including phenoxy) is 1. The van der Waals surface area contributed by atoms with Gasteiger partial charge < -0.3 is 9.84 Å². The number of hydrogen-bond donors (Lipinski definition) is 1. The summed E-state index contributed by atoms with van der Waals surface area (Å²) < 4.78 is 18.5. The largest absolute Gasteiger partial charge is 0.481 e. The number of hydrogen-bond acceptors (Lipinski definition) is 3. The summed E-state index contributed by atoms with van der Waals surface area (Å²) in [5.74, 6) is -0.647. The van der Waals surface area contributed by atoms with E-state index in [9.17, 15) is 9.18 Å². The zero-order chi connectivity index (χ0) is 13.0. The molecule has 4 nitrogen and oxygen atoms in total. The number of aliphatic carboxylic acids is 1. The number of rotatable bonds is 5. The van der Waals surface area contributed by atoms with Crippen LogP contribution in [0.5, 0.6) is 0 Å². The lowest BCUT2D eigenvalue weighted by atomic mass is 10.1. The summed E-state index contributed by atoms with van der Waals surface area (Å²) in [5, 5.41) is 8.55. The first-order valence-electron chi connectivity index (χ1n) is 5.79. The number of carbonyl (C=O) groups is 1. The smallest absolute Gasteiger partial charge is 0.303 e. The van der Waals surface area contributed by atoms with Crippen LogP contribution in [0.2, 0.25) is 0 Å². The molecule has 1 aliphatic rings. The molecule has 1 atom stereocenters. The van der Waals surface area contributed by atoms with E-state index in [1.807, 2.05) is 6.07 Å². The van der Waals surface area contributed by atoms with E-state index >= 15 is 0 Å². The summed E-state index contributed by atoms with van der Waals surface area (Å²) in [6.45, 7) is 0.505. The van der Waals surface area contributed by atoms with Gasteiger partial charge in [-0.05, 0) is 17.7 Å². The molecular weight excluding hydrogens is 237 g/mol. The van der Waals surface area contributed by atoms with E-state index in [4.69, 9.17) is 9.84 Å². The Bertz CT molecular complexity index is 473. The molecule has 0 bridgehead atoms. The number of halogens is 1. The highest BCUT2D eigenvalue weighted by molar-refractivity contribution is 5.81. The highest BCUT2D eigenvalue weighted by Gasteiger charge is 2.20. The number of aliphatic imine (C=N–C) groups is 1. The Kier molecular flexibility index (Phi) is 3.92. The van der Waals surface area contributed by atoms with Crippen LogP contribution in [0.1, 0.15) is 18.4 Å². The highest BCUT2D eigenvalue weighted by atomic mass is 19.1. The van der Waals surface area contributed by atoms with Crippen LogP contribution < -0.4 is 0 Å². The zero-order valence-corrected chi connectivity index (χ0v) is 9.80. The Hall–Kier alpha value is -1.91. The van der Waals surface area contributed by atoms with Crippen molar-refractivity contribution in [3.8, 4) is 0 Å². The topological polar surface area (TPSA) is 58.9 Å². The van der Waals surface area contributed by atoms with E-state index in [2.05, 4.69) is 4.99 Å². The van der Waals surface area contributed by atoms with Crippen molar-refractivity contribution in [3.05, 3.63) is 35.6 Å². The molecule has 96 valence electrons. The highest BCUT2D eigenvalue weighted by Crippen LogP contribution is 2.15. The minimum absolute atomic E-state index is 0.0194. The molecule has 1 heterocycles. The van der Waals surface area contributed by atoms with Crippen molar-refractivity contribution in [2.75, 3.05) is 6.54 Å². The van der Waals surface area contributed by atoms with Gasteiger partial charge in [0.25, 0.3) is 0 Å². The molecule has 0 saturated heterocycles. The Morgan fingerprint density at radius 1 is 1.56 bits per heavy atom. The average Bonchev–Trinajstić information content (AvgIpc) is 2.74. The van der Waals surface area contributed by atoms with E-state index in [1.54, 1.807) is 6.07 Å². The van der Waals surface area contributed by atoms with Gasteiger partial charge in [0.1, 0.15) is 11.9 Å². The van der Waals surface area contributed by atoms with Crippen molar-refractivity contribution >= 4 is 11.9 Å². The van der Waals surface area contributed by atoms with Crippen LogP contribution in [-0.4, -0.2) is 29.6 Å². The lowest BCUT2D eigenvalue weighted by molar-refractivity contribution is -0.136. The maximum atomic E-state index is 13.0. The van der Waals surface area contributed by atoms with Gasteiger partial charge in [-0.1, -0.05) is 12.1 Å². The molecule has 5 heteroatoms. The molecule has 0 spiro atoms. The average molecular weight is 251 g/mol. The second-order valence-corrected chi connectivity index (χ2v) is 4.20. The van der Waals surface area contributed by atoms with E-state index in [1.165, 1.54) is 12.1 Å². The van der Waals surface area contributed by atoms with Crippen LogP contribution in [0.4, 0.5) is 4.39 Å². The van der Waals surface area contributed by atoms with Crippen LogP contribution in [0.3, 0.4) is 0 Å². The third-order valence-corrected chi connectivity index (χ3v) is 2.68. The van der Waals surface area contributed by atoms with Crippen molar-refractivity contribution in [2.24, 2.45) is 4.99 Å². The van der Waals surface area contributed by atoms with Gasteiger partial charge in [0.15, 0.2) is 5.90 Å². The molecule has 0 aliphatic carbocycles. The first-order valence-corrected chi connectivity index (χ1v) is 5.79. The van der Waals surface area contributed by atoms with E-state index in [0.717, 1.165) is 5.56 Å². The Morgan fingerprint density at radius 3 is 3.11 bits per heavy atom. The van der Waals surface area contributed by atoms with Crippen LogP contribution in [0.25, 0.3) is 0 Å². The van der Waals surface area contributed by atoms with Gasteiger partial charge in [-0.3, -0.25) is 9.79 Å². The van der Waals surface area contributed by atoms with Gasteiger partial charge in [-0.25, -0.2) is 4.39 Å². The molecular formula is C13H14FNO3. The van der Waals surface area contributed by atoms with Crippen molar-refractivity contribution in [1.29, 1.82) is 0 Å². The Labute approximate surface area is 104 Å². The molecule has 0 saturated carbocycles. The van der Waals surface area contributed by atoms with Crippen molar-refractivity contribution in [1.82, 2.24) is 0 Å². The lowest BCUT2D eigenvalue weighted by Crippen LogP contribution is -2.16. The van der Waals surface area contributed by atoms with E-state index in [0.29, 0.717) is 25.3 Å². The lowest BCUT2D eigenvalue weighted by Gasteiger charge is -2.11. The maximum absolute atomic E-state index is 13.0. The van der Waals surface area contributed by atoms with Gasteiger partial charge in [0.05, 0.1) is 13.0 Å². The molecule has 2 rings (SSSR count).